The largest absolute Gasteiger partial charge is 0.340 e. The lowest BCUT2D eigenvalue weighted by molar-refractivity contribution is 0.343. The molecule has 0 N–H and O–H groups in total. The fraction of sp³-hybridized carbons (Fsp3) is 0.174. The van der Waals surface area contributed by atoms with E-state index in [9.17, 15) is 0 Å². The molecule has 3 aromatic carbocycles. The van der Waals surface area contributed by atoms with E-state index in [1.807, 2.05) is 23.1 Å². The van der Waals surface area contributed by atoms with Crippen LogP contribution in [0.1, 0.15) is 5.56 Å². The predicted molar refractivity (Wildman–Crippen MR) is 111 cm³/mol. The molecule has 0 spiro atoms. The van der Waals surface area contributed by atoms with E-state index < -0.39 is 0 Å². The number of anilines is 2. The quantitative estimate of drug-likeness (QED) is 0.525. The number of aromatic nitrogens is 2. The summed E-state index contributed by atoms with van der Waals surface area (Å²) >= 11 is 0. The van der Waals surface area contributed by atoms with Gasteiger partial charge in [-0.3, -0.25) is 0 Å². The summed E-state index contributed by atoms with van der Waals surface area (Å²) in [7, 11) is 2.19. The molecule has 0 saturated heterocycles. The molecule has 0 saturated carbocycles. The SMILES string of the molecule is CN1CCN(c2ccc3ccccc3c2)c2ccc(-n3cccn3)cc2C1. The fourth-order valence-electron chi connectivity index (χ4n) is 3.90. The average Bonchev–Trinajstić information content (AvgIpc) is 3.18. The van der Waals surface area contributed by atoms with Gasteiger partial charge in [0.2, 0.25) is 0 Å². The lowest BCUT2D eigenvalue weighted by atomic mass is 10.1. The zero-order chi connectivity index (χ0) is 18.2. The minimum Gasteiger partial charge on any atom is -0.340 e. The zero-order valence-corrected chi connectivity index (χ0v) is 15.4. The third-order valence-electron chi connectivity index (χ3n) is 5.31. The van der Waals surface area contributed by atoms with Crippen LogP contribution in [0.15, 0.2) is 79.1 Å². The highest BCUT2D eigenvalue weighted by Crippen LogP contribution is 2.34. The van der Waals surface area contributed by atoms with E-state index in [0.29, 0.717) is 0 Å². The first kappa shape index (κ1) is 16.1. The molecule has 0 bridgehead atoms. The summed E-state index contributed by atoms with van der Waals surface area (Å²) in [5.74, 6) is 0. The van der Waals surface area contributed by atoms with Gasteiger partial charge in [0.1, 0.15) is 0 Å². The minimum atomic E-state index is 0.939. The molecule has 5 rings (SSSR count). The summed E-state index contributed by atoms with van der Waals surface area (Å²) in [5, 5.41) is 6.94. The summed E-state index contributed by atoms with van der Waals surface area (Å²) in [5.41, 5.74) is 4.96. The first-order valence-corrected chi connectivity index (χ1v) is 9.36. The van der Waals surface area contributed by atoms with E-state index in [2.05, 4.69) is 82.6 Å². The summed E-state index contributed by atoms with van der Waals surface area (Å²) in [6.07, 6.45) is 3.81. The first-order chi connectivity index (χ1) is 13.3. The maximum Gasteiger partial charge on any atom is 0.0650 e. The second-order valence-electron chi connectivity index (χ2n) is 7.18. The Hall–Kier alpha value is -3.11. The van der Waals surface area contributed by atoms with Gasteiger partial charge in [-0.2, -0.15) is 5.10 Å². The van der Waals surface area contributed by atoms with Crippen molar-refractivity contribution < 1.29 is 0 Å². The van der Waals surface area contributed by atoms with Crippen molar-refractivity contribution in [1.29, 1.82) is 0 Å². The highest BCUT2D eigenvalue weighted by atomic mass is 15.3. The van der Waals surface area contributed by atoms with Gasteiger partial charge in [-0.05, 0) is 59.8 Å². The molecule has 0 unspecified atom stereocenters. The first-order valence-electron chi connectivity index (χ1n) is 9.36. The molecule has 1 aliphatic heterocycles. The Morgan fingerprint density at radius 1 is 0.815 bits per heavy atom. The Balaban J connectivity index is 1.61. The van der Waals surface area contributed by atoms with Gasteiger partial charge in [-0.1, -0.05) is 30.3 Å². The van der Waals surface area contributed by atoms with Gasteiger partial charge in [0, 0.05) is 43.4 Å². The number of hydrogen-bond donors (Lipinski definition) is 0. The van der Waals surface area contributed by atoms with Crippen LogP contribution in [0, 0.1) is 0 Å². The molecule has 134 valence electrons. The van der Waals surface area contributed by atoms with Crippen molar-refractivity contribution >= 4 is 22.1 Å². The molecule has 0 aliphatic carbocycles. The zero-order valence-electron chi connectivity index (χ0n) is 15.4. The molecule has 27 heavy (non-hydrogen) atoms. The van der Waals surface area contributed by atoms with Crippen LogP contribution in [-0.2, 0) is 6.54 Å². The molecule has 0 fully saturated rings. The topological polar surface area (TPSA) is 24.3 Å². The van der Waals surface area contributed by atoms with Crippen LogP contribution < -0.4 is 4.90 Å². The molecule has 2 heterocycles. The standard InChI is InChI=1S/C23H22N4/c1-25-13-14-26(21-8-7-18-5-2-3-6-19(18)15-21)23-10-9-22(16-20(23)17-25)27-12-4-11-24-27/h2-12,15-16H,13-14,17H2,1H3. The second kappa shape index (κ2) is 6.56. The van der Waals surface area contributed by atoms with Crippen LogP contribution >= 0.6 is 0 Å². The summed E-state index contributed by atoms with van der Waals surface area (Å²) < 4.78 is 1.92. The lowest BCUT2D eigenvalue weighted by Crippen LogP contribution is -2.26. The summed E-state index contributed by atoms with van der Waals surface area (Å²) in [4.78, 5) is 4.82. The molecule has 1 aromatic heterocycles. The molecule has 1 aliphatic rings. The van der Waals surface area contributed by atoms with E-state index in [-0.39, 0.29) is 0 Å². The van der Waals surface area contributed by atoms with E-state index in [1.54, 1.807) is 0 Å². The lowest BCUT2D eigenvalue weighted by Gasteiger charge is -2.25. The fourth-order valence-corrected chi connectivity index (χ4v) is 3.90. The molecular formula is C23H22N4. The Kier molecular flexibility index (Phi) is 3.91. The van der Waals surface area contributed by atoms with Gasteiger partial charge in [0.25, 0.3) is 0 Å². The van der Waals surface area contributed by atoms with Gasteiger partial charge in [-0.15, -0.1) is 0 Å². The van der Waals surface area contributed by atoms with Crippen LogP contribution in [-0.4, -0.2) is 34.8 Å². The van der Waals surface area contributed by atoms with Gasteiger partial charge in [0.05, 0.1) is 5.69 Å². The third-order valence-corrected chi connectivity index (χ3v) is 5.31. The number of rotatable bonds is 2. The number of hydrogen-bond acceptors (Lipinski definition) is 3. The van der Waals surface area contributed by atoms with Gasteiger partial charge >= 0.3 is 0 Å². The van der Waals surface area contributed by atoms with E-state index in [4.69, 9.17) is 0 Å². The molecule has 4 aromatic rings. The van der Waals surface area contributed by atoms with Crippen molar-refractivity contribution in [3.63, 3.8) is 0 Å². The molecule has 0 amide bonds. The smallest absolute Gasteiger partial charge is 0.0650 e. The van der Waals surface area contributed by atoms with Crippen LogP contribution in [0.2, 0.25) is 0 Å². The average molecular weight is 354 g/mol. The highest BCUT2D eigenvalue weighted by molar-refractivity contribution is 5.87. The van der Waals surface area contributed by atoms with Crippen LogP contribution in [0.25, 0.3) is 16.5 Å². The number of likely N-dealkylation sites (N-methyl/N-ethyl adjacent to an activating group) is 1. The molecular weight excluding hydrogens is 332 g/mol. The van der Waals surface area contributed by atoms with Crippen molar-refractivity contribution in [2.24, 2.45) is 0 Å². The molecule has 0 atom stereocenters. The number of nitrogens with zero attached hydrogens (tertiary/aromatic N) is 4. The van der Waals surface area contributed by atoms with Crippen molar-refractivity contribution in [2.75, 3.05) is 25.0 Å². The van der Waals surface area contributed by atoms with Gasteiger partial charge in [-0.25, -0.2) is 4.68 Å². The summed E-state index contributed by atoms with van der Waals surface area (Å²) in [6, 6.07) is 23.9. The number of fused-ring (bicyclic) bond motifs is 2. The third kappa shape index (κ3) is 2.98. The predicted octanol–water partition coefficient (Wildman–Crippen LogP) is 4.61. The monoisotopic (exact) mass is 354 g/mol. The van der Waals surface area contributed by atoms with Crippen molar-refractivity contribution in [1.82, 2.24) is 14.7 Å². The van der Waals surface area contributed by atoms with E-state index in [0.717, 1.165) is 25.3 Å². The molecule has 4 heteroatoms. The Morgan fingerprint density at radius 3 is 2.52 bits per heavy atom. The van der Waals surface area contributed by atoms with Crippen molar-refractivity contribution in [3.8, 4) is 5.69 Å². The van der Waals surface area contributed by atoms with Crippen molar-refractivity contribution in [3.05, 3.63) is 84.7 Å². The highest BCUT2D eigenvalue weighted by Gasteiger charge is 2.20. The Morgan fingerprint density at radius 2 is 1.67 bits per heavy atom. The Labute approximate surface area is 159 Å². The normalized spacial score (nSPS) is 14.9. The number of benzene rings is 3. The maximum atomic E-state index is 4.38. The van der Waals surface area contributed by atoms with Crippen LogP contribution in [0.5, 0.6) is 0 Å². The Bertz CT molecular complexity index is 1080. The molecule has 4 nitrogen and oxygen atoms in total. The maximum absolute atomic E-state index is 4.38. The van der Waals surface area contributed by atoms with E-state index in [1.165, 1.54) is 27.7 Å². The molecule has 0 radical (unpaired) electrons. The minimum absolute atomic E-state index is 0.939. The van der Waals surface area contributed by atoms with Crippen molar-refractivity contribution in [2.45, 2.75) is 6.54 Å². The van der Waals surface area contributed by atoms with Crippen LogP contribution in [0.4, 0.5) is 11.4 Å². The summed E-state index contributed by atoms with van der Waals surface area (Å²) in [6.45, 7) is 2.94. The van der Waals surface area contributed by atoms with Gasteiger partial charge in [0.15, 0.2) is 0 Å². The van der Waals surface area contributed by atoms with Gasteiger partial charge < -0.3 is 9.80 Å². The van der Waals surface area contributed by atoms with E-state index >= 15 is 0 Å². The van der Waals surface area contributed by atoms with Crippen LogP contribution in [0.3, 0.4) is 0 Å². The second-order valence-corrected chi connectivity index (χ2v) is 7.18.